The zero-order valence-corrected chi connectivity index (χ0v) is 17.0. The van der Waals surface area contributed by atoms with Gasteiger partial charge < -0.3 is 9.15 Å². The van der Waals surface area contributed by atoms with E-state index in [0.717, 1.165) is 26.9 Å². The predicted molar refractivity (Wildman–Crippen MR) is 116 cm³/mol. The molecule has 0 aliphatic rings. The van der Waals surface area contributed by atoms with Crippen LogP contribution < -0.4 is 10.1 Å². The van der Waals surface area contributed by atoms with E-state index in [-0.39, 0.29) is 5.91 Å². The van der Waals surface area contributed by atoms with Gasteiger partial charge in [-0.15, -0.1) is 22.7 Å². The molecule has 5 aromatic rings. The maximum Gasteiger partial charge on any atom is 0.257 e. The molecule has 1 amide bonds. The number of benzene rings is 2. The molecule has 3 aromatic heterocycles. The van der Waals surface area contributed by atoms with Gasteiger partial charge in [0.25, 0.3) is 5.91 Å². The number of carbonyl (C=O) groups is 1. The Morgan fingerprint density at radius 3 is 3.00 bits per heavy atom. The molecule has 0 aliphatic heterocycles. The number of carbonyl (C=O) groups excluding carboxylic acids is 1. The molecule has 0 radical (unpaired) electrons. The fraction of sp³-hybridized carbons (Fsp3) is 0.0952. The van der Waals surface area contributed by atoms with Gasteiger partial charge in [-0.05, 0) is 49.4 Å². The number of hydrogen-bond acceptors (Lipinski definition) is 7. The largest absolute Gasteiger partial charge is 0.494 e. The summed E-state index contributed by atoms with van der Waals surface area (Å²) < 4.78 is 12.4. The fourth-order valence-corrected chi connectivity index (χ4v) is 4.43. The van der Waals surface area contributed by atoms with Crippen molar-refractivity contribution in [3.8, 4) is 17.2 Å². The first-order valence-electron chi connectivity index (χ1n) is 8.96. The maximum absolute atomic E-state index is 12.6. The third-order valence-corrected chi connectivity index (χ3v) is 5.92. The van der Waals surface area contributed by atoms with E-state index in [0.29, 0.717) is 28.8 Å². The van der Waals surface area contributed by atoms with Crippen LogP contribution in [0.2, 0.25) is 0 Å². The topological polar surface area (TPSA) is 77.2 Å². The second-order valence-electron chi connectivity index (χ2n) is 6.27. The van der Waals surface area contributed by atoms with E-state index < -0.39 is 0 Å². The van der Waals surface area contributed by atoms with Crippen LogP contribution in [0.1, 0.15) is 17.3 Å². The number of hydrogen-bond donors (Lipinski definition) is 1. The monoisotopic (exact) mass is 421 g/mol. The summed E-state index contributed by atoms with van der Waals surface area (Å²) >= 11 is 2.86. The molecule has 3 heterocycles. The average molecular weight is 422 g/mol. The summed E-state index contributed by atoms with van der Waals surface area (Å²) in [6.45, 7) is 2.56. The second-order valence-corrected chi connectivity index (χ2v) is 8.01. The molecule has 0 unspecified atom stereocenters. The van der Waals surface area contributed by atoms with Gasteiger partial charge in [-0.2, -0.15) is 0 Å². The van der Waals surface area contributed by atoms with Crippen molar-refractivity contribution in [1.82, 2.24) is 9.97 Å². The molecule has 144 valence electrons. The van der Waals surface area contributed by atoms with E-state index in [1.165, 1.54) is 22.7 Å². The number of rotatable bonds is 5. The van der Waals surface area contributed by atoms with Gasteiger partial charge in [0, 0.05) is 16.3 Å². The highest BCUT2D eigenvalue weighted by atomic mass is 32.1. The maximum atomic E-state index is 12.6. The smallest absolute Gasteiger partial charge is 0.257 e. The van der Waals surface area contributed by atoms with Crippen LogP contribution in [0, 0.1) is 0 Å². The van der Waals surface area contributed by atoms with Crippen molar-refractivity contribution in [2.75, 3.05) is 11.9 Å². The first-order valence-corrected chi connectivity index (χ1v) is 10.7. The van der Waals surface area contributed by atoms with Crippen molar-refractivity contribution in [3.63, 3.8) is 0 Å². The van der Waals surface area contributed by atoms with Crippen LogP contribution in [-0.4, -0.2) is 22.5 Å². The van der Waals surface area contributed by atoms with Crippen molar-refractivity contribution >= 4 is 54.9 Å². The quantitative estimate of drug-likeness (QED) is 0.387. The minimum Gasteiger partial charge on any atom is -0.494 e. The number of amides is 1. The molecule has 1 N–H and O–H groups in total. The van der Waals surface area contributed by atoms with Crippen LogP contribution >= 0.6 is 22.7 Å². The number of aromatic nitrogens is 2. The molecule has 0 saturated heterocycles. The lowest BCUT2D eigenvalue weighted by atomic mass is 10.2. The third-order valence-electron chi connectivity index (χ3n) is 4.37. The average Bonchev–Trinajstić information content (AvgIpc) is 3.46. The Hall–Kier alpha value is -3.23. The first kappa shape index (κ1) is 17.8. The van der Waals surface area contributed by atoms with Crippen molar-refractivity contribution in [2.24, 2.45) is 0 Å². The molecule has 6 nitrogen and oxygen atoms in total. The fourth-order valence-electron chi connectivity index (χ4n) is 3.01. The normalized spacial score (nSPS) is 11.2. The lowest BCUT2D eigenvalue weighted by Crippen LogP contribution is -2.11. The van der Waals surface area contributed by atoms with E-state index in [9.17, 15) is 4.79 Å². The first-order chi connectivity index (χ1) is 14.2. The van der Waals surface area contributed by atoms with Crippen molar-refractivity contribution in [2.45, 2.75) is 6.92 Å². The molecule has 5 rings (SSSR count). The minimum absolute atomic E-state index is 0.202. The Kier molecular flexibility index (Phi) is 4.49. The summed E-state index contributed by atoms with van der Waals surface area (Å²) in [4.78, 5) is 21.3. The van der Waals surface area contributed by atoms with Crippen LogP contribution in [0.4, 0.5) is 5.13 Å². The third kappa shape index (κ3) is 3.48. The lowest BCUT2D eigenvalue weighted by Gasteiger charge is -2.01. The molecular formula is C21H15N3O3S2. The highest BCUT2D eigenvalue weighted by molar-refractivity contribution is 7.16. The molecule has 29 heavy (non-hydrogen) atoms. The highest BCUT2D eigenvalue weighted by Crippen LogP contribution is 2.32. The van der Waals surface area contributed by atoms with Gasteiger partial charge in [-0.3, -0.25) is 10.1 Å². The van der Waals surface area contributed by atoms with Crippen molar-refractivity contribution in [1.29, 1.82) is 0 Å². The summed E-state index contributed by atoms with van der Waals surface area (Å²) in [5.41, 5.74) is 4.67. The van der Waals surface area contributed by atoms with Crippen molar-refractivity contribution < 1.29 is 13.9 Å². The number of nitrogens with zero attached hydrogens (tertiary/aromatic N) is 2. The molecule has 0 bridgehead atoms. The van der Waals surface area contributed by atoms with Gasteiger partial charge in [0.2, 0.25) is 0 Å². The Bertz CT molecular complexity index is 1340. The summed E-state index contributed by atoms with van der Waals surface area (Å²) in [5, 5.41) is 6.19. The van der Waals surface area contributed by atoms with Crippen LogP contribution in [-0.2, 0) is 0 Å². The number of fused-ring (bicyclic) bond motifs is 2. The number of nitrogens with one attached hydrogen (secondary N) is 1. The van der Waals surface area contributed by atoms with Gasteiger partial charge in [0.15, 0.2) is 10.9 Å². The molecule has 0 fully saturated rings. The number of ether oxygens (including phenoxy) is 1. The Morgan fingerprint density at radius 2 is 2.10 bits per heavy atom. The zero-order chi connectivity index (χ0) is 19.8. The Morgan fingerprint density at radius 1 is 1.17 bits per heavy atom. The van der Waals surface area contributed by atoms with Gasteiger partial charge in [0.1, 0.15) is 17.0 Å². The molecule has 0 spiro atoms. The molecular weight excluding hydrogens is 406 g/mol. The summed E-state index contributed by atoms with van der Waals surface area (Å²) in [6, 6.07) is 13.1. The van der Waals surface area contributed by atoms with Crippen LogP contribution in [0.5, 0.6) is 5.75 Å². The number of thiazole rings is 2. The molecule has 8 heteroatoms. The second kappa shape index (κ2) is 7.31. The van der Waals surface area contributed by atoms with Crippen molar-refractivity contribution in [3.05, 3.63) is 58.9 Å². The van der Waals surface area contributed by atoms with Gasteiger partial charge >= 0.3 is 0 Å². The number of furan rings is 1. The number of anilines is 1. The standard InChI is InChI=1S/C21H15N3O3S2/c1-2-26-14-4-6-17-13(7-14)8-18(27-17)16-10-28-21(23-16)24-20(25)12-3-5-15-19(9-12)29-11-22-15/h3-11H,2H2,1H3,(H,23,24,25). The Labute approximate surface area is 173 Å². The molecule has 0 atom stereocenters. The predicted octanol–water partition coefficient (Wildman–Crippen LogP) is 5.82. The summed E-state index contributed by atoms with van der Waals surface area (Å²) in [7, 11) is 0. The van der Waals surface area contributed by atoms with E-state index in [1.807, 2.05) is 48.7 Å². The van der Waals surface area contributed by atoms with E-state index >= 15 is 0 Å². The van der Waals surface area contributed by atoms with Crippen LogP contribution in [0.3, 0.4) is 0 Å². The molecule has 2 aromatic carbocycles. The van der Waals surface area contributed by atoms with Crippen LogP contribution in [0.25, 0.3) is 32.6 Å². The minimum atomic E-state index is -0.202. The SMILES string of the molecule is CCOc1ccc2oc(-c3csc(NC(=O)c4ccc5ncsc5c4)n3)cc2c1. The molecule has 0 aliphatic carbocycles. The van der Waals surface area contributed by atoms with E-state index in [2.05, 4.69) is 15.3 Å². The van der Waals surface area contributed by atoms with Gasteiger partial charge in [-0.25, -0.2) is 9.97 Å². The zero-order valence-electron chi connectivity index (χ0n) is 15.3. The van der Waals surface area contributed by atoms with E-state index in [1.54, 1.807) is 11.6 Å². The summed E-state index contributed by atoms with van der Waals surface area (Å²) in [5.74, 6) is 1.25. The van der Waals surface area contributed by atoms with Crippen LogP contribution in [0.15, 0.2) is 57.8 Å². The Balaban J connectivity index is 1.37. The van der Waals surface area contributed by atoms with Gasteiger partial charge in [0.05, 0.1) is 22.3 Å². The molecule has 0 saturated carbocycles. The van der Waals surface area contributed by atoms with Gasteiger partial charge in [-0.1, -0.05) is 0 Å². The summed E-state index contributed by atoms with van der Waals surface area (Å²) in [6.07, 6.45) is 0. The lowest BCUT2D eigenvalue weighted by molar-refractivity contribution is 0.102. The van der Waals surface area contributed by atoms with E-state index in [4.69, 9.17) is 9.15 Å². The highest BCUT2D eigenvalue weighted by Gasteiger charge is 2.14.